The summed E-state index contributed by atoms with van der Waals surface area (Å²) in [6, 6.07) is 4.03. The van der Waals surface area contributed by atoms with Crippen LogP contribution in [-0.2, 0) is 53.5 Å². The van der Waals surface area contributed by atoms with E-state index in [1.165, 1.54) is 38.5 Å². The van der Waals surface area contributed by atoms with Crippen molar-refractivity contribution in [1.82, 2.24) is 0 Å². The summed E-state index contributed by atoms with van der Waals surface area (Å²) in [6.45, 7) is 19.8. The molecule has 0 amide bonds. The minimum Gasteiger partial charge on any atom is -0.490 e. The Morgan fingerprint density at radius 1 is 0.531 bits per heavy atom. The minimum absolute atomic E-state index is 0.214. The predicted octanol–water partition coefficient (Wildman–Crippen LogP) is 8.53. The summed E-state index contributed by atoms with van der Waals surface area (Å²) in [5.41, 5.74) is 1.47. The van der Waals surface area contributed by atoms with Crippen LogP contribution in [0, 0.1) is 0 Å². The summed E-state index contributed by atoms with van der Waals surface area (Å²) in [6.07, 6.45) is 15.5. The molecule has 64 heavy (non-hydrogen) atoms. The van der Waals surface area contributed by atoms with E-state index in [2.05, 4.69) is 30.9 Å². The molecule has 16 nitrogen and oxygen atoms in total. The number of aliphatic imine (C=N–C) groups is 1. The highest BCUT2D eigenvalue weighted by Crippen LogP contribution is 2.42. The van der Waals surface area contributed by atoms with Crippen LogP contribution in [0.2, 0.25) is 0 Å². The Morgan fingerprint density at radius 3 is 1.31 bits per heavy atom. The average Bonchev–Trinajstić information content (AvgIpc) is 3.28. The molecule has 0 fully saturated rings. The van der Waals surface area contributed by atoms with E-state index < -0.39 is 7.37 Å². The molecule has 374 valence electrons. The molecule has 0 saturated heterocycles. The average molecular weight is 934 g/mol. The highest BCUT2D eigenvalue weighted by molar-refractivity contribution is 7.58. The maximum absolute atomic E-state index is 12.0. The van der Waals surface area contributed by atoms with Gasteiger partial charge in [0, 0.05) is 19.0 Å². The summed E-state index contributed by atoms with van der Waals surface area (Å²) >= 11 is 0. The zero-order valence-electron chi connectivity index (χ0n) is 40.5. The molecule has 1 aromatic rings. The van der Waals surface area contributed by atoms with Gasteiger partial charge in [-0.1, -0.05) is 78.6 Å². The summed E-state index contributed by atoms with van der Waals surface area (Å²) < 4.78 is 80.6. The predicted molar refractivity (Wildman–Crippen MR) is 256 cm³/mol. The van der Waals surface area contributed by atoms with Crippen molar-refractivity contribution in [3.8, 4) is 17.2 Å². The lowest BCUT2D eigenvalue weighted by Gasteiger charge is -2.19. The van der Waals surface area contributed by atoms with Gasteiger partial charge in [-0.05, 0) is 43.9 Å². The monoisotopic (exact) mass is 934 g/mol. The number of rotatable bonds is 49. The Bertz CT molecular complexity index is 1280. The highest BCUT2D eigenvalue weighted by Gasteiger charge is 2.17. The standard InChI is InChI=1S/C47H88N3O13P/c1-6-10-13-16-19-60-45-38-43(39-46(61-20-17-14-11-7-2)47(45)62-21-18-15-12-8-3)40-49-41-44(50-48)42-59-35-34-57-31-30-55-27-26-53-23-22-52-24-25-54-28-29-56-32-33-58-36-37-64(5,51)63-9-4/h38-39,41H,6-37,40,42,48H2,1-5H3. The Kier molecular flexibility index (Phi) is 41.4. The maximum atomic E-state index is 12.0. The topological polar surface area (TPSA) is 179 Å². The van der Waals surface area contributed by atoms with Crippen molar-refractivity contribution in [3.05, 3.63) is 17.7 Å². The van der Waals surface area contributed by atoms with Gasteiger partial charge >= 0.3 is 0 Å². The molecule has 1 unspecified atom stereocenters. The van der Waals surface area contributed by atoms with Crippen molar-refractivity contribution in [2.75, 3.05) is 145 Å². The fraction of sp³-hybridized carbons (Fsp3) is 0.830. The van der Waals surface area contributed by atoms with Crippen LogP contribution in [0.3, 0.4) is 0 Å². The Balaban J connectivity index is 2.25. The quantitative estimate of drug-likeness (QED) is 0.0216. The second kappa shape index (κ2) is 44.5. The summed E-state index contributed by atoms with van der Waals surface area (Å²) in [7, 11) is -2.54. The molecule has 0 saturated carbocycles. The zero-order chi connectivity index (χ0) is 46.4. The van der Waals surface area contributed by atoms with Crippen LogP contribution in [0.1, 0.15) is 110 Å². The van der Waals surface area contributed by atoms with Gasteiger partial charge in [0.15, 0.2) is 11.5 Å². The van der Waals surface area contributed by atoms with Gasteiger partial charge in [-0.2, -0.15) is 5.10 Å². The molecule has 0 radical (unpaired) electrons. The van der Waals surface area contributed by atoms with Crippen LogP contribution in [-0.4, -0.2) is 157 Å². The lowest BCUT2D eigenvalue weighted by Crippen LogP contribution is -2.17. The number of nitrogens with zero attached hydrogens (tertiary/aromatic N) is 2. The van der Waals surface area contributed by atoms with E-state index in [-0.39, 0.29) is 6.61 Å². The van der Waals surface area contributed by atoms with E-state index in [9.17, 15) is 4.57 Å². The van der Waals surface area contributed by atoms with Crippen LogP contribution in [0.4, 0.5) is 0 Å². The number of hydrogen-bond donors (Lipinski definition) is 1. The molecular formula is C47H88N3O13P. The number of unbranched alkanes of at least 4 members (excludes halogenated alkanes) is 9. The largest absolute Gasteiger partial charge is 0.490 e. The SMILES string of the molecule is CCCCCCOc1cc(CN=CC(COCCOCCOCCOCCOCCOCCOCCOCCP(C)(=O)OCC)=NN)cc(OCCCCCC)c1OCCCCCC. The molecule has 0 aromatic heterocycles. The fourth-order valence-corrected chi connectivity index (χ4v) is 6.99. The van der Waals surface area contributed by atoms with E-state index >= 15 is 0 Å². The zero-order valence-corrected chi connectivity index (χ0v) is 41.4. The third kappa shape index (κ3) is 35.8. The summed E-state index contributed by atoms with van der Waals surface area (Å²) in [4.78, 5) is 4.63. The first kappa shape index (κ1) is 59.6. The Labute approximate surface area is 386 Å². The molecule has 1 aromatic carbocycles. The van der Waals surface area contributed by atoms with Gasteiger partial charge in [0.05, 0.1) is 139 Å². The van der Waals surface area contributed by atoms with Gasteiger partial charge in [0.2, 0.25) is 13.1 Å². The van der Waals surface area contributed by atoms with Gasteiger partial charge in [-0.3, -0.25) is 9.56 Å². The number of benzene rings is 1. The third-order valence-corrected chi connectivity index (χ3v) is 11.2. The van der Waals surface area contributed by atoms with Crippen LogP contribution in [0.25, 0.3) is 0 Å². The normalized spacial score (nSPS) is 12.9. The highest BCUT2D eigenvalue weighted by atomic mass is 31.2. The van der Waals surface area contributed by atoms with Crippen LogP contribution >= 0.6 is 7.37 Å². The van der Waals surface area contributed by atoms with Crippen LogP contribution < -0.4 is 20.1 Å². The molecule has 1 rings (SSSR count). The van der Waals surface area contributed by atoms with E-state index in [1.54, 1.807) is 12.9 Å². The van der Waals surface area contributed by atoms with Crippen molar-refractivity contribution < 1.29 is 61.2 Å². The van der Waals surface area contributed by atoms with E-state index in [0.29, 0.717) is 161 Å². The van der Waals surface area contributed by atoms with Crippen LogP contribution in [0.5, 0.6) is 17.2 Å². The third-order valence-electron chi connectivity index (χ3n) is 9.41. The van der Waals surface area contributed by atoms with E-state index in [1.807, 2.05) is 19.1 Å². The smallest absolute Gasteiger partial charge is 0.203 e. The van der Waals surface area contributed by atoms with Gasteiger partial charge in [-0.15, -0.1) is 0 Å². The molecule has 0 heterocycles. The molecular weight excluding hydrogens is 845 g/mol. The molecule has 0 aliphatic carbocycles. The Morgan fingerprint density at radius 2 is 0.922 bits per heavy atom. The van der Waals surface area contributed by atoms with Gasteiger partial charge in [0.1, 0.15) is 5.71 Å². The molecule has 17 heteroatoms. The first-order valence-electron chi connectivity index (χ1n) is 24.0. The summed E-state index contributed by atoms with van der Waals surface area (Å²) in [5.74, 6) is 7.76. The molecule has 1 atom stereocenters. The maximum Gasteiger partial charge on any atom is 0.203 e. The second-order valence-electron chi connectivity index (χ2n) is 15.2. The number of ether oxygens (including phenoxy) is 11. The first-order valence-corrected chi connectivity index (χ1v) is 26.3. The van der Waals surface area contributed by atoms with Crippen molar-refractivity contribution >= 4 is 19.3 Å². The van der Waals surface area contributed by atoms with Crippen molar-refractivity contribution in [2.24, 2.45) is 15.9 Å². The minimum atomic E-state index is -2.54. The van der Waals surface area contributed by atoms with Gasteiger partial charge in [-0.25, -0.2) is 0 Å². The van der Waals surface area contributed by atoms with Gasteiger partial charge < -0.3 is 62.5 Å². The van der Waals surface area contributed by atoms with Crippen molar-refractivity contribution in [3.63, 3.8) is 0 Å². The van der Waals surface area contributed by atoms with Gasteiger partial charge in [0.25, 0.3) is 0 Å². The molecule has 0 aliphatic heterocycles. The first-order chi connectivity index (χ1) is 31.4. The molecule has 2 N–H and O–H groups in total. The Hall–Kier alpha value is -2.37. The molecule has 0 bridgehead atoms. The summed E-state index contributed by atoms with van der Waals surface area (Å²) in [5, 5.41) is 3.86. The molecule has 0 spiro atoms. The van der Waals surface area contributed by atoms with Crippen LogP contribution in [0.15, 0.2) is 22.2 Å². The van der Waals surface area contributed by atoms with E-state index in [0.717, 1.165) is 44.1 Å². The van der Waals surface area contributed by atoms with E-state index in [4.69, 9.17) is 62.5 Å². The fourth-order valence-electron chi connectivity index (χ4n) is 5.85. The lowest BCUT2D eigenvalue weighted by molar-refractivity contribution is -0.0221. The number of nitrogens with two attached hydrogens (primary N) is 1. The number of hydrazone groups is 1. The van der Waals surface area contributed by atoms with Crippen molar-refractivity contribution in [1.29, 1.82) is 0 Å². The van der Waals surface area contributed by atoms with Crippen molar-refractivity contribution in [2.45, 2.75) is 111 Å². The molecule has 0 aliphatic rings. The second-order valence-corrected chi connectivity index (χ2v) is 18.0. The lowest BCUT2D eigenvalue weighted by atomic mass is 10.1. The number of hydrogen-bond acceptors (Lipinski definition) is 16.